The first kappa shape index (κ1) is 35.4. The minimum absolute atomic E-state index is 0.0124. The number of nitrogens with one attached hydrogen (secondary N) is 1. The first-order chi connectivity index (χ1) is 21.0. The Kier molecular flexibility index (Phi) is 17.2. The summed E-state index contributed by atoms with van der Waals surface area (Å²) in [4.78, 5) is 2.10. The van der Waals surface area contributed by atoms with Gasteiger partial charge in [0.05, 0.1) is 17.5 Å². The average molecular weight is 613 g/mol. The molecule has 0 bridgehead atoms. The Morgan fingerprint density at radius 3 is 1.56 bits per heavy atom. The lowest BCUT2D eigenvalue weighted by atomic mass is 10.0. The van der Waals surface area contributed by atoms with Crippen molar-refractivity contribution in [3.05, 3.63) is 54.1 Å². The Hall–Kier alpha value is -2.05. The lowest BCUT2D eigenvalue weighted by Crippen LogP contribution is -2.35. The molecular weight excluding hydrogens is 552 g/mol. The van der Waals surface area contributed by atoms with Gasteiger partial charge in [-0.1, -0.05) is 172 Å². The van der Waals surface area contributed by atoms with Gasteiger partial charge in [-0.3, -0.25) is 4.55 Å². The molecule has 2 aromatic rings. The van der Waals surface area contributed by atoms with Crippen molar-refractivity contribution in [3.63, 3.8) is 0 Å². The quantitative estimate of drug-likeness (QED) is 0.0862. The maximum absolute atomic E-state index is 12.2. The molecule has 0 aromatic heterocycles. The van der Waals surface area contributed by atoms with E-state index in [1.165, 1.54) is 134 Å². The number of nitrogens with zero attached hydrogens (tertiary/aromatic N) is 1. The molecule has 2 N–H and O–H groups in total. The summed E-state index contributed by atoms with van der Waals surface area (Å²) in [6.07, 6.45) is 29.8. The molecule has 0 spiro atoms. The third-order valence-electron chi connectivity index (χ3n) is 9.04. The Morgan fingerprint density at radius 1 is 0.628 bits per heavy atom. The van der Waals surface area contributed by atoms with E-state index in [1.807, 2.05) is 24.3 Å². The predicted octanol–water partition coefficient (Wildman–Crippen LogP) is 11.3. The van der Waals surface area contributed by atoms with Crippen LogP contribution in [0, 0.1) is 0 Å². The van der Waals surface area contributed by atoms with E-state index in [2.05, 4.69) is 29.3 Å². The fourth-order valence-electron chi connectivity index (χ4n) is 6.52. The normalized spacial score (nSPS) is 14.7. The highest BCUT2D eigenvalue weighted by atomic mass is 32.2. The van der Waals surface area contributed by atoms with Crippen molar-refractivity contribution in [3.8, 4) is 0 Å². The molecule has 0 aliphatic carbocycles. The molecule has 6 heteroatoms. The molecule has 0 fully saturated rings. The van der Waals surface area contributed by atoms with Crippen LogP contribution in [0.4, 0.5) is 11.4 Å². The largest absolute Gasteiger partial charge is 0.363 e. The van der Waals surface area contributed by atoms with E-state index in [-0.39, 0.29) is 11.1 Å². The Bertz CT molecular complexity index is 1110. The van der Waals surface area contributed by atoms with Crippen molar-refractivity contribution >= 4 is 21.5 Å². The Morgan fingerprint density at radius 2 is 1.09 bits per heavy atom. The van der Waals surface area contributed by atoms with Gasteiger partial charge in [-0.2, -0.15) is 8.42 Å². The van der Waals surface area contributed by atoms with Gasteiger partial charge in [0, 0.05) is 6.54 Å². The average Bonchev–Trinajstić information content (AvgIpc) is 3.34. The van der Waals surface area contributed by atoms with Crippen molar-refractivity contribution in [1.29, 1.82) is 0 Å². The molecule has 5 nitrogen and oxygen atoms in total. The van der Waals surface area contributed by atoms with Gasteiger partial charge in [-0.25, -0.2) is 0 Å². The summed E-state index contributed by atoms with van der Waals surface area (Å²) in [6.45, 7) is 2.88. The minimum Gasteiger partial charge on any atom is -0.363 e. The molecule has 0 saturated carbocycles. The maximum atomic E-state index is 12.2. The van der Waals surface area contributed by atoms with Crippen LogP contribution in [0.1, 0.15) is 154 Å². The molecule has 3 rings (SSSR count). The summed E-state index contributed by atoms with van der Waals surface area (Å²) in [6, 6.07) is 15.2. The first-order valence-corrected chi connectivity index (χ1v) is 19.1. The SMILES string of the molecule is CCCCCCCCCCCCCCCCCCCCCCCC1Nc2cccc(S(=O)(=O)O)c2N1Cc1ccccc1. The molecule has 1 aliphatic rings. The second-order valence-corrected chi connectivity index (χ2v) is 14.2. The monoisotopic (exact) mass is 612 g/mol. The topological polar surface area (TPSA) is 69.6 Å². The zero-order valence-electron chi connectivity index (χ0n) is 27.1. The Labute approximate surface area is 264 Å². The van der Waals surface area contributed by atoms with E-state index < -0.39 is 10.1 Å². The summed E-state index contributed by atoms with van der Waals surface area (Å²) < 4.78 is 34.2. The van der Waals surface area contributed by atoms with Crippen LogP contribution in [-0.4, -0.2) is 19.1 Å². The summed E-state index contributed by atoms with van der Waals surface area (Å²) >= 11 is 0. The van der Waals surface area contributed by atoms with Gasteiger partial charge in [-0.05, 0) is 30.5 Å². The zero-order valence-corrected chi connectivity index (χ0v) is 27.9. The second kappa shape index (κ2) is 20.8. The highest BCUT2D eigenvalue weighted by Crippen LogP contribution is 2.42. The number of fused-ring (bicyclic) bond motifs is 1. The molecule has 0 radical (unpaired) electrons. The van der Waals surface area contributed by atoms with E-state index >= 15 is 0 Å². The minimum atomic E-state index is -4.31. The van der Waals surface area contributed by atoms with Gasteiger partial charge >= 0.3 is 0 Å². The number of anilines is 2. The van der Waals surface area contributed by atoms with E-state index in [4.69, 9.17) is 0 Å². The molecule has 2 aromatic carbocycles. The Balaban J connectivity index is 1.21. The van der Waals surface area contributed by atoms with Crippen molar-refractivity contribution in [1.82, 2.24) is 0 Å². The van der Waals surface area contributed by atoms with Crippen LogP contribution in [0.5, 0.6) is 0 Å². The lowest BCUT2D eigenvalue weighted by molar-refractivity contribution is 0.482. The van der Waals surface area contributed by atoms with Crippen molar-refractivity contribution < 1.29 is 13.0 Å². The number of para-hydroxylation sites is 1. The molecule has 1 aliphatic heterocycles. The standard InChI is InChI=1S/C37H60N2O3S/c1-2-3-4-5-6-7-8-9-10-11-12-13-14-15-16-17-18-19-20-21-25-31-36-38-34-29-26-30-35(43(40,41)42)37(34)39(36)32-33-27-23-22-24-28-33/h22-24,26-30,36,38H,2-21,25,31-32H2,1H3,(H,40,41,42). The molecule has 1 heterocycles. The summed E-state index contributed by atoms with van der Waals surface area (Å²) in [5.41, 5.74) is 2.48. The molecule has 1 unspecified atom stereocenters. The van der Waals surface area contributed by atoms with Crippen LogP contribution in [0.25, 0.3) is 0 Å². The smallest absolute Gasteiger partial charge is 0.296 e. The highest BCUT2D eigenvalue weighted by Gasteiger charge is 2.33. The first-order valence-electron chi connectivity index (χ1n) is 17.7. The van der Waals surface area contributed by atoms with Crippen molar-refractivity contribution in [2.75, 3.05) is 10.2 Å². The maximum Gasteiger partial charge on any atom is 0.296 e. The highest BCUT2D eigenvalue weighted by molar-refractivity contribution is 7.86. The van der Waals surface area contributed by atoms with Crippen molar-refractivity contribution in [2.45, 2.75) is 166 Å². The van der Waals surface area contributed by atoms with Gasteiger partial charge in [0.1, 0.15) is 4.90 Å². The molecule has 242 valence electrons. The van der Waals surface area contributed by atoms with Gasteiger partial charge in [0.15, 0.2) is 0 Å². The molecule has 43 heavy (non-hydrogen) atoms. The van der Waals surface area contributed by atoms with E-state index in [9.17, 15) is 13.0 Å². The van der Waals surface area contributed by atoms with Gasteiger partial charge in [-0.15, -0.1) is 0 Å². The summed E-state index contributed by atoms with van der Waals surface area (Å²) in [5, 5.41) is 3.53. The number of hydrogen-bond donors (Lipinski definition) is 2. The zero-order chi connectivity index (χ0) is 30.6. The second-order valence-electron chi connectivity index (χ2n) is 12.8. The van der Waals surface area contributed by atoms with E-state index in [1.54, 1.807) is 6.07 Å². The van der Waals surface area contributed by atoms with Crippen LogP contribution in [0.2, 0.25) is 0 Å². The van der Waals surface area contributed by atoms with Crippen molar-refractivity contribution in [2.24, 2.45) is 0 Å². The van der Waals surface area contributed by atoms with Gasteiger partial charge in [0.25, 0.3) is 10.1 Å². The number of benzene rings is 2. The third kappa shape index (κ3) is 13.6. The van der Waals surface area contributed by atoms with E-state index in [0.717, 1.165) is 24.1 Å². The van der Waals surface area contributed by atoms with Crippen LogP contribution >= 0.6 is 0 Å². The number of unbranched alkanes of at least 4 members (excludes halogenated alkanes) is 20. The summed E-state index contributed by atoms with van der Waals surface area (Å²) in [5.74, 6) is 0. The molecule has 1 atom stereocenters. The fourth-order valence-corrected chi connectivity index (χ4v) is 7.25. The van der Waals surface area contributed by atoms with Crippen LogP contribution < -0.4 is 10.2 Å². The van der Waals surface area contributed by atoms with Crippen LogP contribution in [-0.2, 0) is 16.7 Å². The molecule has 0 saturated heterocycles. The molecular formula is C37H60N2O3S. The number of rotatable bonds is 25. The van der Waals surface area contributed by atoms with Crippen LogP contribution in [0.15, 0.2) is 53.4 Å². The fraction of sp³-hybridized carbons (Fsp3) is 0.676. The lowest BCUT2D eigenvalue weighted by Gasteiger charge is -2.28. The summed E-state index contributed by atoms with van der Waals surface area (Å²) in [7, 11) is -4.31. The van der Waals surface area contributed by atoms with Crippen LogP contribution in [0.3, 0.4) is 0 Å². The molecule has 0 amide bonds. The van der Waals surface area contributed by atoms with E-state index in [0.29, 0.717) is 12.2 Å². The number of hydrogen-bond acceptors (Lipinski definition) is 4. The van der Waals surface area contributed by atoms with Gasteiger partial charge in [0.2, 0.25) is 0 Å². The van der Waals surface area contributed by atoms with Gasteiger partial charge < -0.3 is 10.2 Å². The predicted molar refractivity (Wildman–Crippen MR) is 184 cm³/mol. The third-order valence-corrected chi connectivity index (χ3v) is 9.92.